The number of hydrogen-bond acceptors (Lipinski definition) is 3. The largest absolute Gasteiger partial charge is 0.322 e. The van der Waals surface area contributed by atoms with Crippen LogP contribution < -0.4 is 10.2 Å². The van der Waals surface area contributed by atoms with E-state index in [9.17, 15) is 4.79 Å². The molecular formula is C19H21ClN3OS+. The maximum atomic E-state index is 12.4. The molecule has 0 saturated carbocycles. The van der Waals surface area contributed by atoms with E-state index in [1.165, 1.54) is 4.70 Å². The number of thiazole rings is 1. The monoisotopic (exact) mass is 374 g/mol. The third-order valence-corrected chi connectivity index (χ3v) is 5.79. The summed E-state index contributed by atoms with van der Waals surface area (Å²) in [6.07, 6.45) is 0. The van der Waals surface area contributed by atoms with Gasteiger partial charge in [0.1, 0.15) is 6.04 Å². The molecule has 25 heavy (non-hydrogen) atoms. The maximum Gasteiger partial charge on any atom is 0.279 e. The van der Waals surface area contributed by atoms with E-state index in [0.29, 0.717) is 11.6 Å². The molecule has 1 amide bonds. The topological polar surface area (TPSA) is 46.4 Å². The first-order chi connectivity index (χ1) is 11.9. The highest BCUT2D eigenvalue weighted by molar-refractivity contribution is 7.18. The Morgan fingerprint density at radius 1 is 1.32 bits per heavy atom. The van der Waals surface area contributed by atoms with Crippen LogP contribution in [0.4, 0.5) is 5.69 Å². The van der Waals surface area contributed by atoms with Crippen molar-refractivity contribution in [2.45, 2.75) is 19.9 Å². The third kappa shape index (κ3) is 4.18. The number of nitrogens with one attached hydrogen (secondary N) is 2. The number of quaternary nitrogens is 1. The normalized spacial score (nSPS) is 13.6. The lowest BCUT2D eigenvalue weighted by molar-refractivity contribution is -0.902. The summed E-state index contributed by atoms with van der Waals surface area (Å²) in [5, 5.41) is 4.62. The number of halogens is 1. The number of aromatic nitrogens is 1. The fourth-order valence-electron chi connectivity index (χ4n) is 2.62. The Hall–Kier alpha value is -1.95. The van der Waals surface area contributed by atoms with E-state index < -0.39 is 0 Å². The summed E-state index contributed by atoms with van der Waals surface area (Å²) in [6.45, 7) is 4.42. The van der Waals surface area contributed by atoms with Crippen LogP contribution in [-0.4, -0.2) is 24.5 Å². The SMILES string of the molecule is Cc1ccc(Cl)cc1NC(=O)C[NH+](C)[C@@H](C)c1nc2ccccc2s1. The van der Waals surface area contributed by atoms with E-state index in [-0.39, 0.29) is 11.9 Å². The van der Waals surface area contributed by atoms with Gasteiger partial charge in [-0.1, -0.05) is 29.8 Å². The number of carbonyl (C=O) groups excluding carboxylic acids is 1. The zero-order valence-corrected chi connectivity index (χ0v) is 16.0. The summed E-state index contributed by atoms with van der Waals surface area (Å²) in [7, 11) is 2.02. The highest BCUT2D eigenvalue weighted by Crippen LogP contribution is 2.24. The minimum atomic E-state index is -0.0316. The van der Waals surface area contributed by atoms with Crippen molar-refractivity contribution in [2.75, 3.05) is 18.9 Å². The van der Waals surface area contributed by atoms with E-state index in [0.717, 1.165) is 26.7 Å². The van der Waals surface area contributed by atoms with Gasteiger partial charge in [-0.05, 0) is 43.7 Å². The van der Waals surface area contributed by atoms with Crippen LogP contribution in [0, 0.1) is 6.92 Å². The number of rotatable bonds is 5. The number of amides is 1. The summed E-state index contributed by atoms with van der Waals surface area (Å²) in [5.41, 5.74) is 2.77. The van der Waals surface area contributed by atoms with Crippen molar-refractivity contribution in [3.63, 3.8) is 0 Å². The highest BCUT2D eigenvalue weighted by Gasteiger charge is 2.22. The molecule has 0 aliphatic heterocycles. The Kier molecular flexibility index (Phi) is 5.37. The van der Waals surface area contributed by atoms with Gasteiger partial charge in [0, 0.05) is 10.7 Å². The Bertz CT molecular complexity index is 876. The summed E-state index contributed by atoms with van der Waals surface area (Å²) in [5.74, 6) is -0.0316. The lowest BCUT2D eigenvalue weighted by Gasteiger charge is -2.19. The summed E-state index contributed by atoms with van der Waals surface area (Å²) in [6, 6.07) is 13.8. The van der Waals surface area contributed by atoms with Crippen molar-refractivity contribution in [3.05, 3.63) is 58.1 Å². The van der Waals surface area contributed by atoms with Gasteiger partial charge in [-0.2, -0.15) is 0 Å². The molecule has 0 aliphatic rings. The Morgan fingerprint density at radius 2 is 2.08 bits per heavy atom. The van der Waals surface area contributed by atoms with Gasteiger partial charge in [0.05, 0.1) is 17.3 Å². The molecule has 0 bridgehead atoms. The number of para-hydroxylation sites is 1. The fraction of sp³-hybridized carbons (Fsp3) is 0.263. The van der Waals surface area contributed by atoms with Crippen LogP contribution in [-0.2, 0) is 4.79 Å². The molecule has 1 unspecified atom stereocenters. The van der Waals surface area contributed by atoms with E-state index in [1.54, 1.807) is 17.4 Å². The zero-order valence-electron chi connectivity index (χ0n) is 14.5. The van der Waals surface area contributed by atoms with Gasteiger partial charge in [0.25, 0.3) is 5.91 Å². The van der Waals surface area contributed by atoms with Crippen LogP contribution in [0.5, 0.6) is 0 Å². The van der Waals surface area contributed by atoms with Gasteiger partial charge in [0.2, 0.25) is 0 Å². The second kappa shape index (κ2) is 7.52. The van der Waals surface area contributed by atoms with Gasteiger partial charge in [0.15, 0.2) is 11.6 Å². The van der Waals surface area contributed by atoms with Crippen LogP contribution in [0.15, 0.2) is 42.5 Å². The fourth-order valence-corrected chi connectivity index (χ4v) is 3.90. The van der Waals surface area contributed by atoms with Crippen LogP contribution in [0.3, 0.4) is 0 Å². The second-order valence-electron chi connectivity index (χ2n) is 6.27. The molecule has 3 rings (SSSR count). The third-order valence-electron chi connectivity index (χ3n) is 4.33. The van der Waals surface area contributed by atoms with E-state index in [2.05, 4.69) is 18.3 Å². The van der Waals surface area contributed by atoms with Gasteiger partial charge >= 0.3 is 0 Å². The summed E-state index contributed by atoms with van der Waals surface area (Å²) < 4.78 is 1.18. The predicted octanol–water partition coefficient (Wildman–Crippen LogP) is 3.47. The molecule has 1 heterocycles. The molecule has 0 fully saturated rings. The lowest BCUT2D eigenvalue weighted by atomic mass is 10.2. The first-order valence-corrected chi connectivity index (χ1v) is 9.37. The number of benzene rings is 2. The summed E-state index contributed by atoms with van der Waals surface area (Å²) in [4.78, 5) is 18.2. The second-order valence-corrected chi connectivity index (χ2v) is 7.77. The van der Waals surface area contributed by atoms with Gasteiger partial charge in [-0.15, -0.1) is 11.3 Å². The molecule has 0 saturated heterocycles. The van der Waals surface area contributed by atoms with Crippen LogP contribution in [0.25, 0.3) is 10.2 Å². The molecule has 2 atom stereocenters. The van der Waals surface area contributed by atoms with Crippen LogP contribution in [0.2, 0.25) is 5.02 Å². The molecule has 1 aromatic heterocycles. The van der Waals surface area contributed by atoms with Gasteiger partial charge < -0.3 is 10.2 Å². The summed E-state index contributed by atoms with van der Waals surface area (Å²) >= 11 is 7.70. The van der Waals surface area contributed by atoms with Crippen LogP contribution in [0.1, 0.15) is 23.5 Å². The standard InChI is InChI=1S/C19H20ClN3OS/c1-12-8-9-14(20)10-16(12)21-18(24)11-23(3)13(2)19-22-15-6-4-5-7-17(15)25-19/h4-10,13H,11H2,1-3H3,(H,21,24)/p+1/t13-/m0/s1. The molecule has 4 nitrogen and oxygen atoms in total. The quantitative estimate of drug-likeness (QED) is 0.718. The Morgan fingerprint density at radius 3 is 2.84 bits per heavy atom. The van der Waals surface area contributed by atoms with Crippen molar-refractivity contribution in [3.8, 4) is 0 Å². The molecule has 0 aliphatic carbocycles. The number of likely N-dealkylation sites (N-methyl/N-ethyl adjacent to an activating group) is 1. The first kappa shape index (κ1) is 17.9. The average Bonchev–Trinajstić information content (AvgIpc) is 3.01. The van der Waals surface area contributed by atoms with Crippen molar-refractivity contribution < 1.29 is 9.69 Å². The highest BCUT2D eigenvalue weighted by atomic mass is 35.5. The number of aryl methyl sites for hydroxylation is 1. The van der Waals surface area contributed by atoms with Crippen molar-refractivity contribution >= 4 is 44.7 Å². The number of anilines is 1. The van der Waals surface area contributed by atoms with Crippen molar-refractivity contribution in [1.82, 2.24) is 4.98 Å². The lowest BCUT2D eigenvalue weighted by Crippen LogP contribution is -3.10. The molecule has 2 N–H and O–H groups in total. The van der Waals surface area contributed by atoms with E-state index in [4.69, 9.17) is 16.6 Å². The number of carbonyl (C=O) groups is 1. The molecule has 6 heteroatoms. The minimum absolute atomic E-state index is 0.0316. The zero-order chi connectivity index (χ0) is 18.0. The minimum Gasteiger partial charge on any atom is -0.322 e. The molecular weight excluding hydrogens is 354 g/mol. The number of nitrogens with zero attached hydrogens (tertiary/aromatic N) is 1. The van der Waals surface area contributed by atoms with Gasteiger partial charge in [-0.3, -0.25) is 4.79 Å². The number of fused-ring (bicyclic) bond motifs is 1. The van der Waals surface area contributed by atoms with Crippen molar-refractivity contribution in [2.24, 2.45) is 0 Å². The average molecular weight is 375 g/mol. The predicted molar refractivity (Wildman–Crippen MR) is 105 cm³/mol. The molecule has 130 valence electrons. The molecule has 3 aromatic rings. The van der Waals surface area contributed by atoms with Crippen molar-refractivity contribution in [1.29, 1.82) is 0 Å². The first-order valence-electron chi connectivity index (χ1n) is 8.18. The number of hydrogen-bond donors (Lipinski definition) is 2. The van der Waals surface area contributed by atoms with Crippen LogP contribution >= 0.6 is 22.9 Å². The van der Waals surface area contributed by atoms with E-state index in [1.807, 2.05) is 44.3 Å². The Labute approximate surface area is 156 Å². The molecule has 0 spiro atoms. The van der Waals surface area contributed by atoms with E-state index >= 15 is 0 Å². The maximum absolute atomic E-state index is 12.4. The Balaban J connectivity index is 1.67. The molecule has 2 aromatic carbocycles. The molecule has 0 radical (unpaired) electrons. The smallest absolute Gasteiger partial charge is 0.279 e. The van der Waals surface area contributed by atoms with Gasteiger partial charge in [-0.25, -0.2) is 4.98 Å².